The highest BCUT2D eigenvalue weighted by atomic mass is 19.4. The van der Waals surface area contributed by atoms with Crippen LogP contribution in [-0.4, -0.2) is 51.8 Å². The van der Waals surface area contributed by atoms with Crippen LogP contribution in [0.1, 0.15) is 35.0 Å². The van der Waals surface area contributed by atoms with Gasteiger partial charge in [-0.3, -0.25) is 9.59 Å². The van der Waals surface area contributed by atoms with Gasteiger partial charge in [0.25, 0.3) is 0 Å². The molecule has 0 saturated carbocycles. The average molecular weight is 425 g/mol. The maximum atomic E-state index is 13.6. The number of rotatable bonds is 5. The Bertz CT molecular complexity index is 911. The van der Waals surface area contributed by atoms with E-state index in [2.05, 4.69) is 5.16 Å². The summed E-state index contributed by atoms with van der Waals surface area (Å²) in [6, 6.07) is 3.75. The number of nitrogens with zero attached hydrogens (tertiary/aromatic N) is 2. The smallest absolute Gasteiger partial charge is 0.391 e. The normalized spacial score (nSPS) is 20.3. The SMILES string of the molecule is Cc1ccc([C@@H](NC(=O)[C@@H]2C[C@@H](O)CN2C(=O)Cc2cc(C)no2)C(F)(F)F)cc1. The summed E-state index contributed by atoms with van der Waals surface area (Å²) in [4.78, 5) is 26.4. The molecule has 3 rings (SSSR count). The number of carbonyl (C=O) groups is 2. The van der Waals surface area contributed by atoms with Crippen LogP contribution in [0.3, 0.4) is 0 Å². The quantitative estimate of drug-likeness (QED) is 0.766. The Morgan fingerprint density at radius 3 is 2.53 bits per heavy atom. The van der Waals surface area contributed by atoms with Crippen LogP contribution in [0, 0.1) is 13.8 Å². The third-order valence-corrected chi connectivity index (χ3v) is 4.93. The van der Waals surface area contributed by atoms with Crippen molar-refractivity contribution in [1.82, 2.24) is 15.4 Å². The number of hydrogen-bond acceptors (Lipinski definition) is 5. The number of hydrogen-bond donors (Lipinski definition) is 2. The van der Waals surface area contributed by atoms with E-state index in [9.17, 15) is 27.9 Å². The molecule has 1 aliphatic rings. The minimum Gasteiger partial charge on any atom is -0.391 e. The minimum absolute atomic E-state index is 0.116. The van der Waals surface area contributed by atoms with Gasteiger partial charge in [-0.25, -0.2) is 0 Å². The van der Waals surface area contributed by atoms with Crippen LogP contribution in [0.2, 0.25) is 0 Å². The number of amides is 2. The summed E-state index contributed by atoms with van der Waals surface area (Å²) in [5, 5.41) is 15.6. The molecule has 0 unspecified atom stereocenters. The number of likely N-dealkylation sites (tertiary alicyclic amines) is 1. The average Bonchev–Trinajstić information content (AvgIpc) is 3.25. The topological polar surface area (TPSA) is 95.7 Å². The van der Waals surface area contributed by atoms with Gasteiger partial charge in [-0.1, -0.05) is 35.0 Å². The number of halogens is 3. The predicted octanol–water partition coefficient (Wildman–Crippen LogP) is 2.22. The Kier molecular flexibility index (Phi) is 6.16. The van der Waals surface area contributed by atoms with Gasteiger partial charge < -0.3 is 19.8 Å². The third-order valence-electron chi connectivity index (χ3n) is 4.93. The fraction of sp³-hybridized carbons (Fsp3) is 0.450. The summed E-state index contributed by atoms with van der Waals surface area (Å²) in [6.45, 7) is 3.27. The van der Waals surface area contributed by atoms with Crippen molar-refractivity contribution in [2.75, 3.05) is 6.54 Å². The highest BCUT2D eigenvalue weighted by molar-refractivity contribution is 5.89. The number of aromatic nitrogens is 1. The molecule has 7 nitrogen and oxygen atoms in total. The first kappa shape index (κ1) is 21.8. The van der Waals surface area contributed by atoms with Gasteiger partial charge >= 0.3 is 6.18 Å². The lowest BCUT2D eigenvalue weighted by Gasteiger charge is -2.27. The maximum absolute atomic E-state index is 13.6. The van der Waals surface area contributed by atoms with Gasteiger partial charge in [0.15, 0.2) is 6.04 Å². The van der Waals surface area contributed by atoms with E-state index >= 15 is 0 Å². The zero-order valence-electron chi connectivity index (χ0n) is 16.4. The molecule has 2 aromatic rings. The Morgan fingerprint density at radius 2 is 1.97 bits per heavy atom. The second-order valence-corrected chi connectivity index (χ2v) is 7.46. The zero-order chi connectivity index (χ0) is 22.1. The van der Waals surface area contributed by atoms with Gasteiger partial charge in [-0.05, 0) is 19.4 Å². The molecule has 1 fully saturated rings. The lowest BCUT2D eigenvalue weighted by molar-refractivity contribution is -0.165. The van der Waals surface area contributed by atoms with Gasteiger partial charge in [-0.2, -0.15) is 13.2 Å². The van der Waals surface area contributed by atoms with Crippen molar-refractivity contribution in [1.29, 1.82) is 0 Å². The third kappa shape index (κ3) is 4.99. The first-order valence-electron chi connectivity index (χ1n) is 9.38. The molecule has 0 aliphatic carbocycles. The predicted molar refractivity (Wildman–Crippen MR) is 99.2 cm³/mol. The van der Waals surface area contributed by atoms with Crippen LogP contribution in [0.4, 0.5) is 13.2 Å². The molecule has 10 heteroatoms. The molecule has 1 aromatic heterocycles. The Hall–Kier alpha value is -2.88. The van der Waals surface area contributed by atoms with E-state index in [0.29, 0.717) is 5.69 Å². The van der Waals surface area contributed by atoms with Gasteiger partial charge in [0, 0.05) is 19.0 Å². The van der Waals surface area contributed by atoms with Crippen molar-refractivity contribution in [3.8, 4) is 0 Å². The molecule has 1 aromatic carbocycles. The van der Waals surface area contributed by atoms with E-state index in [1.165, 1.54) is 24.3 Å². The molecular formula is C20H22F3N3O4. The zero-order valence-corrected chi connectivity index (χ0v) is 16.4. The van der Waals surface area contributed by atoms with Crippen molar-refractivity contribution < 1.29 is 32.4 Å². The van der Waals surface area contributed by atoms with E-state index in [0.717, 1.165) is 10.5 Å². The van der Waals surface area contributed by atoms with Crippen molar-refractivity contribution in [3.63, 3.8) is 0 Å². The van der Waals surface area contributed by atoms with Gasteiger partial charge in [0.05, 0.1) is 18.2 Å². The second kappa shape index (κ2) is 8.47. The van der Waals surface area contributed by atoms with Crippen molar-refractivity contribution in [2.24, 2.45) is 0 Å². The summed E-state index contributed by atoms with van der Waals surface area (Å²) >= 11 is 0. The van der Waals surface area contributed by atoms with Crippen molar-refractivity contribution in [3.05, 3.63) is 52.9 Å². The summed E-state index contributed by atoms with van der Waals surface area (Å²) in [5.41, 5.74) is 1.24. The molecule has 1 saturated heterocycles. The number of aliphatic hydroxyl groups excluding tert-OH is 1. The van der Waals surface area contributed by atoms with E-state index in [4.69, 9.17) is 4.52 Å². The highest BCUT2D eigenvalue weighted by Gasteiger charge is 2.45. The first-order valence-corrected chi connectivity index (χ1v) is 9.38. The number of alkyl halides is 3. The molecule has 0 bridgehead atoms. The van der Waals surface area contributed by atoms with Crippen LogP contribution >= 0.6 is 0 Å². The second-order valence-electron chi connectivity index (χ2n) is 7.46. The monoisotopic (exact) mass is 425 g/mol. The number of carbonyl (C=O) groups excluding carboxylic acids is 2. The molecule has 2 heterocycles. The minimum atomic E-state index is -4.73. The number of β-amino-alcohol motifs (C(OH)–C–C–N with tert-alkyl or cyclic N) is 1. The van der Waals surface area contributed by atoms with Crippen LogP contribution in [0.5, 0.6) is 0 Å². The molecule has 162 valence electrons. The fourth-order valence-electron chi connectivity index (χ4n) is 3.44. The molecule has 3 atom stereocenters. The van der Waals surface area contributed by atoms with Crippen LogP contribution in [-0.2, 0) is 16.0 Å². The number of benzene rings is 1. The van der Waals surface area contributed by atoms with E-state index in [1.54, 1.807) is 19.9 Å². The van der Waals surface area contributed by atoms with Crippen molar-refractivity contribution in [2.45, 2.75) is 51.1 Å². The van der Waals surface area contributed by atoms with Crippen molar-refractivity contribution >= 4 is 11.8 Å². The standard InChI is InChI=1S/C20H22F3N3O4/c1-11-3-5-13(6-4-11)18(20(21,22)23)24-19(29)16-8-14(27)10-26(16)17(28)9-15-7-12(2)25-30-15/h3-7,14,16,18,27H,8-10H2,1-2H3,(H,24,29)/t14-,16+,18-/m1/s1. The van der Waals surface area contributed by atoms with Crippen LogP contribution < -0.4 is 5.32 Å². The molecule has 1 aliphatic heterocycles. The summed E-state index contributed by atoms with van der Waals surface area (Å²) in [5.74, 6) is -1.25. The molecule has 0 radical (unpaired) electrons. The first-order chi connectivity index (χ1) is 14.0. The van der Waals surface area contributed by atoms with Gasteiger partial charge in [0.2, 0.25) is 11.8 Å². The molecule has 2 amide bonds. The summed E-state index contributed by atoms with van der Waals surface area (Å²) in [6.07, 6.45) is -6.09. The lowest BCUT2D eigenvalue weighted by atomic mass is 10.0. The summed E-state index contributed by atoms with van der Waals surface area (Å²) < 4.78 is 45.8. The van der Waals surface area contributed by atoms with E-state index < -0.39 is 36.2 Å². The number of nitrogens with one attached hydrogen (secondary N) is 1. The molecular weight excluding hydrogens is 403 g/mol. The highest BCUT2D eigenvalue weighted by Crippen LogP contribution is 2.33. The van der Waals surface area contributed by atoms with Crippen LogP contribution in [0.15, 0.2) is 34.9 Å². The number of aliphatic hydroxyl groups is 1. The Morgan fingerprint density at radius 1 is 1.30 bits per heavy atom. The van der Waals surface area contributed by atoms with Crippen LogP contribution in [0.25, 0.3) is 0 Å². The Balaban J connectivity index is 1.76. The number of aryl methyl sites for hydroxylation is 2. The van der Waals surface area contributed by atoms with Gasteiger partial charge in [-0.15, -0.1) is 0 Å². The molecule has 0 spiro atoms. The summed E-state index contributed by atoms with van der Waals surface area (Å²) in [7, 11) is 0. The molecule has 2 N–H and O–H groups in total. The van der Waals surface area contributed by atoms with E-state index in [1.807, 2.05) is 5.32 Å². The molecule has 30 heavy (non-hydrogen) atoms. The largest absolute Gasteiger partial charge is 0.412 e. The maximum Gasteiger partial charge on any atom is 0.412 e. The van der Waals surface area contributed by atoms with Gasteiger partial charge in [0.1, 0.15) is 11.8 Å². The van der Waals surface area contributed by atoms with E-state index in [-0.39, 0.29) is 30.7 Å². The fourth-order valence-corrected chi connectivity index (χ4v) is 3.44. The Labute approximate surface area is 170 Å². The lowest BCUT2D eigenvalue weighted by Crippen LogP contribution is -2.49.